The van der Waals surface area contributed by atoms with Crippen molar-refractivity contribution in [2.75, 3.05) is 0 Å². The predicted octanol–water partition coefficient (Wildman–Crippen LogP) is 3.37. The fourth-order valence-electron chi connectivity index (χ4n) is 2.07. The van der Waals surface area contributed by atoms with Gasteiger partial charge in [0.25, 0.3) is 0 Å². The summed E-state index contributed by atoms with van der Waals surface area (Å²) in [5.41, 5.74) is 0. The Morgan fingerprint density at radius 2 is 1.75 bits per heavy atom. The van der Waals surface area contributed by atoms with Gasteiger partial charge in [0.05, 0.1) is 0 Å². The maximum absolute atomic E-state index is 10.6. The minimum absolute atomic E-state index is 0.122. The molecule has 1 aliphatic carbocycles. The van der Waals surface area contributed by atoms with E-state index < -0.39 is 0 Å². The lowest BCUT2D eigenvalue weighted by molar-refractivity contribution is -0.526. The van der Waals surface area contributed by atoms with Gasteiger partial charge >= 0.3 is 0 Å². The van der Waals surface area contributed by atoms with Crippen LogP contribution in [-0.2, 0) is 0 Å². The van der Waals surface area contributed by atoms with Gasteiger partial charge in [-0.05, 0) is 25.0 Å². The van der Waals surface area contributed by atoms with E-state index >= 15 is 0 Å². The first kappa shape index (κ1) is 11.5. The molecule has 1 saturated carbocycles. The van der Waals surface area contributed by atoms with E-state index in [1.54, 1.807) is 0 Å². The largest absolute Gasteiger partial charge is 0.264 e. The lowest BCUT2D eigenvalue weighted by Crippen LogP contribution is -2.26. The fourth-order valence-corrected chi connectivity index (χ4v) is 3.27. The number of benzene rings is 1. The highest BCUT2D eigenvalue weighted by Crippen LogP contribution is 2.34. The summed E-state index contributed by atoms with van der Waals surface area (Å²) < 4.78 is 0. The van der Waals surface area contributed by atoms with Crippen molar-refractivity contribution >= 4 is 11.8 Å². The van der Waals surface area contributed by atoms with Crippen LogP contribution in [0, 0.1) is 10.1 Å². The molecule has 0 saturated heterocycles. The first-order valence-electron chi connectivity index (χ1n) is 5.61. The molecule has 86 valence electrons. The van der Waals surface area contributed by atoms with Crippen LogP contribution in [0.1, 0.15) is 25.7 Å². The highest BCUT2D eigenvalue weighted by atomic mass is 32.2. The third-order valence-electron chi connectivity index (χ3n) is 2.99. The summed E-state index contributed by atoms with van der Waals surface area (Å²) in [7, 11) is 0. The molecular formula is C12H15NO2S. The quantitative estimate of drug-likeness (QED) is 0.598. The molecule has 0 spiro atoms. The number of hydrogen-bond donors (Lipinski definition) is 0. The second kappa shape index (κ2) is 5.34. The van der Waals surface area contributed by atoms with Crippen LogP contribution in [0.2, 0.25) is 0 Å². The smallest absolute Gasteiger partial charge is 0.213 e. The van der Waals surface area contributed by atoms with E-state index in [1.165, 1.54) is 4.90 Å². The zero-order chi connectivity index (χ0) is 11.4. The molecule has 1 aromatic carbocycles. The monoisotopic (exact) mass is 237 g/mol. The molecule has 0 N–H and O–H groups in total. The van der Waals surface area contributed by atoms with Gasteiger partial charge < -0.3 is 0 Å². The van der Waals surface area contributed by atoms with Crippen LogP contribution in [0.5, 0.6) is 0 Å². The van der Waals surface area contributed by atoms with Crippen LogP contribution in [0.4, 0.5) is 0 Å². The van der Waals surface area contributed by atoms with E-state index in [0.717, 1.165) is 25.7 Å². The van der Waals surface area contributed by atoms with Gasteiger partial charge in [-0.3, -0.25) is 10.1 Å². The van der Waals surface area contributed by atoms with Crippen LogP contribution in [0.15, 0.2) is 35.2 Å². The summed E-state index contributed by atoms with van der Waals surface area (Å²) in [6, 6.07) is 9.98. The van der Waals surface area contributed by atoms with Gasteiger partial charge in [0.1, 0.15) is 0 Å². The van der Waals surface area contributed by atoms with Crippen molar-refractivity contribution in [3.63, 3.8) is 0 Å². The van der Waals surface area contributed by atoms with Crippen molar-refractivity contribution in [1.29, 1.82) is 0 Å². The Balaban J connectivity index is 1.84. The van der Waals surface area contributed by atoms with Crippen molar-refractivity contribution < 1.29 is 4.92 Å². The predicted molar refractivity (Wildman–Crippen MR) is 65.3 cm³/mol. The standard InChI is InChI=1S/C12H15NO2S/c14-13(15)10-6-8-12(9-7-10)16-11-4-2-1-3-5-11/h1-5,10,12H,6-9H2. The molecule has 0 amide bonds. The van der Waals surface area contributed by atoms with Crippen molar-refractivity contribution in [3.05, 3.63) is 40.4 Å². The zero-order valence-electron chi connectivity index (χ0n) is 9.04. The Hall–Kier alpha value is -1.03. The number of thioether (sulfide) groups is 1. The van der Waals surface area contributed by atoms with Crippen molar-refractivity contribution in [2.24, 2.45) is 0 Å². The molecular weight excluding hydrogens is 222 g/mol. The van der Waals surface area contributed by atoms with Gasteiger partial charge in [-0.1, -0.05) is 18.2 Å². The molecule has 0 unspecified atom stereocenters. The van der Waals surface area contributed by atoms with E-state index in [0.29, 0.717) is 5.25 Å². The molecule has 2 rings (SSSR count). The van der Waals surface area contributed by atoms with Gasteiger partial charge in [-0.2, -0.15) is 0 Å². The number of rotatable bonds is 3. The number of nitro groups is 1. The first-order chi connectivity index (χ1) is 7.75. The second-order valence-electron chi connectivity index (χ2n) is 4.15. The van der Waals surface area contributed by atoms with Gasteiger partial charge in [0.15, 0.2) is 0 Å². The number of hydrogen-bond acceptors (Lipinski definition) is 3. The highest BCUT2D eigenvalue weighted by Gasteiger charge is 2.28. The van der Waals surface area contributed by atoms with Gasteiger partial charge in [0.2, 0.25) is 6.04 Å². The normalized spacial score (nSPS) is 25.2. The summed E-state index contributed by atoms with van der Waals surface area (Å²) in [4.78, 5) is 11.8. The molecule has 16 heavy (non-hydrogen) atoms. The summed E-state index contributed by atoms with van der Waals surface area (Å²) in [6.45, 7) is 0. The molecule has 1 aromatic rings. The third kappa shape index (κ3) is 2.98. The van der Waals surface area contributed by atoms with Crippen LogP contribution >= 0.6 is 11.8 Å². The highest BCUT2D eigenvalue weighted by molar-refractivity contribution is 8.00. The van der Waals surface area contributed by atoms with Crippen molar-refractivity contribution in [1.82, 2.24) is 0 Å². The molecule has 0 bridgehead atoms. The van der Waals surface area contributed by atoms with E-state index in [4.69, 9.17) is 0 Å². The fraction of sp³-hybridized carbons (Fsp3) is 0.500. The average molecular weight is 237 g/mol. The van der Waals surface area contributed by atoms with E-state index in [1.807, 2.05) is 30.0 Å². The molecule has 3 nitrogen and oxygen atoms in total. The van der Waals surface area contributed by atoms with Crippen molar-refractivity contribution in [3.8, 4) is 0 Å². The first-order valence-corrected chi connectivity index (χ1v) is 6.49. The lowest BCUT2D eigenvalue weighted by Gasteiger charge is -2.23. The Bertz CT molecular complexity index is 347. The maximum atomic E-state index is 10.6. The molecule has 0 heterocycles. The van der Waals surface area contributed by atoms with Gasteiger partial charge in [-0.25, -0.2) is 0 Å². The zero-order valence-corrected chi connectivity index (χ0v) is 9.86. The molecule has 0 aromatic heterocycles. The summed E-state index contributed by atoms with van der Waals surface area (Å²) in [5, 5.41) is 11.2. The van der Waals surface area contributed by atoms with E-state index in [2.05, 4.69) is 12.1 Å². The Morgan fingerprint density at radius 1 is 1.12 bits per heavy atom. The summed E-state index contributed by atoms with van der Waals surface area (Å²) >= 11 is 1.86. The summed E-state index contributed by atoms with van der Waals surface area (Å²) in [6.07, 6.45) is 3.39. The molecule has 1 aliphatic rings. The van der Waals surface area contributed by atoms with E-state index in [9.17, 15) is 10.1 Å². The van der Waals surface area contributed by atoms with E-state index in [-0.39, 0.29) is 11.0 Å². The van der Waals surface area contributed by atoms with Crippen LogP contribution in [-0.4, -0.2) is 16.2 Å². The van der Waals surface area contributed by atoms with Gasteiger partial charge in [0, 0.05) is 27.9 Å². The van der Waals surface area contributed by atoms with Crippen molar-refractivity contribution in [2.45, 2.75) is 41.9 Å². The molecule has 0 aliphatic heterocycles. The topological polar surface area (TPSA) is 43.1 Å². The molecule has 0 radical (unpaired) electrons. The Morgan fingerprint density at radius 3 is 2.31 bits per heavy atom. The minimum atomic E-state index is -0.298. The lowest BCUT2D eigenvalue weighted by atomic mass is 9.96. The third-order valence-corrected chi connectivity index (χ3v) is 4.34. The Labute approximate surface area is 99.4 Å². The van der Waals surface area contributed by atoms with Crippen LogP contribution in [0.25, 0.3) is 0 Å². The molecule has 1 fully saturated rings. The van der Waals surface area contributed by atoms with Gasteiger partial charge in [-0.15, -0.1) is 11.8 Å². The van der Waals surface area contributed by atoms with Crippen LogP contribution < -0.4 is 0 Å². The SMILES string of the molecule is O=[N+]([O-])C1CCC(Sc2ccccc2)CC1. The Kier molecular flexibility index (Phi) is 3.83. The second-order valence-corrected chi connectivity index (χ2v) is 5.52. The number of nitrogens with zero attached hydrogens (tertiary/aromatic N) is 1. The summed E-state index contributed by atoms with van der Waals surface area (Å²) in [5.74, 6) is 0. The molecule has 0 atom stereocenters. The maximum Gasteiger partial charge on any atom is 0.213 e. The van der Waals surface area contributed by atoms with Crippen LogP contribution in [0.3, 0.4) is 0 Å². The minimum Gasteiger partial charge on any atom is -0.264 e. The average Bonchev–Trinajstić information content (AvgIpc) is 2.31. The molecule has 4 heteroatoms.